The Bertz CT molecular complexity index is 737. The van der Waals surface area contributed by atoms with Crippen molar-refractivity contribution in [3.8, 4) is 0 Å². The fourth-order valence-corrected chi connectivity index (χ4v) is 9.28. The number of alkyl halides is 1. The molecule has 0 aliphatic carbocycles. The number of aliphatic hydroxyl groups excluding tert-OH is 1. The van der Waals surface area contributed by atoms with Crippen LogP contribution < -0.4 is 0 Å². The van der Waals surface area contributed by atoms with E-state index in [9.17, 15) is 19.5 Å². The number of halogens is 1. The number of carboxylic acid groups (broad SMARTS) is 1. The van der Waals surface area contributed by atoms with Gasteiger partial charge in [0.05, 0.1) is 16.6 Å². The summed E-state index contributed by atoms with van der Waals surface area (Å²) in [7, 11) is 0. The first-order valence-electron chi connectivity index (χ1n) is 11.7. The zero-order valence-corrected chi connectivity index (χ0v) is 21.2. The van der Waals surface area contributed by atoms with Crippen molar-refractivity contribution in [2.24, 2.45) is 11.8 Å². The number of carbonyl (C=O) groups excluding carboxylic acids is 2. The maximum Gasteiger partial charge on any atom is 0.308 e. The fourth-order valence-electron chi connectivity index (χ4n) is 5.68. The van der Waals surface area contributed by atoms with E-state index in [1.165, 1.54) is 0 Å². The average molecular weight is 532 g/mol. The third kappa shape index (κ3) is 4.49. The number of fused-ring (bicyclic) bond motifs is 1. The monoisotopic (exact) mass is 530 g/mol. The zero-order valence-electron chi connectivity index (χ0n) is 18.7. The van der Waals surface area contributed by atoms with Crippen LogP contribution in [0.25, 0.3) is 0 Å². The molecule has 3 rings (SSSR count). The number of hydrogen-bond acceptors (Lipinski definition) is 5. The Morgan fingerprint density at radius 1 is 1.31 bits per heavy atom. The number of aliphatic hydroxyl groups is 1. The molecule has 32 heavy (non-hydrogen) atoms. The van der Waals surface area contributed by atoms with Crippen LogP contribution in [-0.2, 0) is 14.4 Å². The van der Waals surface area contributed by atoms with E-state index in [1.54, 1.807) is 27.6 Å². The maximum absolute atomic E-state index is 14.0. The molecule has 0 aromatic carbocycles. The van der Waals surface area contributed by atoms with Crippen molar-refractivity contribution in [2.45, 2.75) is 72.7 Å². The first-order chi connectivity index (χ1) is 15.3. The molecule has 3 aliphatic rings. The largest absolute Gasteiger partial charge is 0.481 e. The van der Waals surface area contributed by atoms with Gasteiger partial charge in [-0.2, -0.15) is 0 Å². The molecule has 1 spiro atoms. The van der Waals surface area contributed by atoms with Crippen molar-refractivity contribution in [1.29, 1.82) is 0 Å². The highest BCUT2D eigenvalue weighted by Gasteiger charge is 2.75. The first-order valence-corrected chi connectivity index (χ1v) is 13.5. The molecule has 3 fully saturated rings. The molecule has 180 valence electrons. The lowest BCUT2D eigenvalue weighted by Gasteiger charge is -2.37. The second-order valence-electron chi connectivity index (χ2n) is 9.10. The molecule has 2 N–H and O–H groups in total. The van der Waals surface area contributed by atoms with E-state index in [0.717, 1.165) is 25.7 Å². The molecule has 6 atom stereocenters. The van der Waals surface area contributed by atoms with Crippen molar-refractivity contribution < 1.29 is 24.6 Å². The molecule has 3 unspecified atom stereocenters. The highest BCUT2D eigenvalue weighted by Crippen LogP contribution is 2.67. The van der Waals surface area contributed by atoms with Gasteiger partial charge < -0.3 is 20.0 Å². The molecule has 3 heterocycles. The summed E-state index contributed by atoms with van der Waals surface area (Å²) < 4.78 is -0.711. The van der Waals surface area contributed by atoms with Crippen LogP contribution in [0.2, 0.25) is 0 Å². The first kappa shape index (κ1) is 25.6. The fraction of sp³-hybridized carbons (Fsp3) is 0.783. The van der Waals surface area contributed by atoms with E-state index in [1.807, 2.05) is 0 Å². The van der Waals surface area contributed by atoms with Gasteiger partial charge in [-0.05, 0) is 32.1 Å². The number of unbranched alkanes of at least 4 members (excludes halogenated alkanes) is 4. The second-order valence-corrected chi connectivity index (χ2v) is 11.8. The van der Waals surface area contributed by atoms with Gasteiger partial charge in [0.2, 0.25) is 11.8 Å². The molecule has 2 bridgehead atoms. The summed E-state index contributed by atoms with van der Waals surface area (Å²) in [4.78, 5) is 43.2. The number of carbonyl (C=O) groups is 3. The van der Waals surface area contributed by atoms with Gasteiger partial charge in [0.1, 0.15) is 6.04 Å². The minimum absolute atomic E-state index is 0.0322. The maximum atomic E-state index is 14.0. The molecule has 7 nitrogen and oxygen atoms in total. The van der Waals surface area contributed by atoms with Crippen LogP contribution in [0.4, 0.5) is 0 Å². The third-order valence-electron chi connectivity index (χ3n) is 7.06. The molecule has 2 amide bonds. The van der Waals surface area contributed by atoms with Crippen LogP contribution in [0, 0.1) is 11.8 Å². The Labute approximate surface area is 203 Å². The van der Waals surface area contributed by atoms with Gasteiger partial charge in [-0.15, -0.1) is 18.3 Å². The predicted molar refractivity (Wildman–Crippen MR) is 129 cm³/mol. The summed E-state index contributed by atoms with van der Waals surface area (Å²) in [6, 6.07) is -0.657. The summed E-state index contributed by atoms with van der Waals surface area (Å²) in [5.41, 5.74) is 0. The number of carboxylic acids is 1. The van der Waals surface area contributed by atoms with Crippen molar-refractivity contribution in [1.82, 2.24) is 9.80 Å². The van der Waals surface area contributed by atoms with E-state index in [4.69, 9.17) is 5.11 Å². The van der Waals surface area contributed by atoms with Crippen LogP contribution in [0.5, 0.6) is 0 Å². The standard InChI is InChI=1S/C23H35BrN2O5S/c1-3-5-7-11-25(10-4-2)21(29)19-23-14-15(24)18(32-23)16(22(30)31)17(23)20(28)26(19)12-8-6-9-13-27/h4,15-19,27H,2-3,5-14H2,1H3,(H,30,31)/t15?,16-,17-,18-,19?,23?/m0/s1. The summed E-state index contributed by atoms with van der Waals surface area (Å²) in [6.45, 7) is 7.46. The lowest BCUT2D eigenvalue weighted by Crippen LogP contribution is -2.55. The van der Waals surface area contributed by atoms with E-state index >= 15 is 0 Å². The molecule has 0 aromatic heterocycles. The average Bonchev–Trinajstić information content (AvgIpc) is 3.34. The van der Waals surface area contributed by atoms with Crippen LogP contribution in [0.3, 0.4) is 0 Å². The molecule has 3 aliphatic heterocycles. The second kappa shape index (κ2) is 10.9. The Morgan fingerprint density at radius 3 is 2.69 bits per heavy atom. The van der Waals surface area contributed by atoms with Crippen molar-refractivity contribution in [2.75, 3.05) is 26.2 Å². The van der Waals surface area contributed by atoms with E-state index < -0.39 is 28.6 Å². The number of nitrogens with zero attached hydrogens (tertiary/aromatic N) is 2. The van der Waals surface area contributed by atoms with Crippen molar-refractivity contribution in [3.63, 3.8) is 0 Å². The molecule has 0 aromatic rings. The number of hydrogen-bond donors (Lipinski definition) is 2. The van der Waals surface area contributed by atoms with Crippen LogP contribution in [0.1, 0.15) is 51.9 Å². The van der Waals surface area contributed by atoms with Crippen LogP contribution in [0.15, 0.2) is 12.7 Å². The molecular formula is C23H35BrN2O5S. The Kier molecular flexibility index (Phi) is 8.72. The van der Waals surface area contributed by atoms with Crippen molar-refractivity contribution >= 4 is 45.5 Å². The van der Waals surface area contributed by atoms with Gasteiger partial charge >= 0.3 is 5.97 Å². The lowest BCUT2D eigenvalue weighted by molar-refractivity contribution is -0.148. The van der Waals surface area contributed by atoms with Crippen LogP contribution >= 0.6 is 27.7 Å². The third-order valence-corrected chi connectivity index (χ3v) is 10.3. The number of rotatable bonds is 13. The Hall–Kier alpha value is -1.06. The topological polar surface area (TPSA) is 98.2 Å². The smallest absolute Gasteiger partial charge is 0.308 e. The molecule has 3 saturated heterocycles. The summed E-state index contributed by atoms with van der Waals surface area (Å²) in [5.74, 6) is -2.68. The SMILES string of the molecule is C=CCN(CCCCC)C(=O)C1N(CCCCCO)C(=O)[C@@H]2[C@H](C(=O)O)[C@H]3SC12CC3Br. The normalized spacial score (nSPS) is 32.9. The Balaban J connectivity index is 1.94. The minimum atomic E-state index is -0.953. The molecule has 0 saturated carbocycles. The highest BCUT2D eigenvalue weighted by molar-refractivity contribution is 9.09. The van der Waals surface area contributed by atoms with E-state index in [-0.39, 0.29) is 28.5 Å². The number of thioether (sulfide) groups is 1. The van der Waals surface area contributed by atoms with Gasteiger partial charge in [0.25, 0.3) is 0 Å². The van der Waals surface area contributed by atoms with E-state index in [2.05, 4.69) is 29.4 Å². The van der Waals surface area contributed by atoms with Gasteiger partial charge in [-0.3, -0.25) is 14.4 Å². The number of likely N-dealkylation sites (tertiary alicyclic amines) is 1. The lowest BCUT2D eigenvalue weighted by atomic mass is 9.71. The summed E-state index contributed by atoms with van der Waals surface area (Å²) in [5, 5.41) is 18.9. The molecule has 9 heteroatoms. The molecular weight excluding hydrogens is 496 g/mol. The molecule has 0 radical (unpaired) electrons. The van der Waals surface area contributed by atoms with Crippen LogP contribution in [-0.4, -0.2) is 84.9 Å². The number of aliphatic carboxylic acids is 1. The summed E-state index contributed by atoms with van der Waals surface area (Å²) in [6.07, 6.45) is 7.36. The summed E-state index contributed by atoms with van der Waals surface area (Å²) >= 11 is 5.20. The van der Waals surface area contributed by atoms with E-state index in [0.29, 0.717) is 38.9 Å². The zero-order chi connectivity index (χ0) is 23.5. The van der Waals surface area contributed by atoms with Gasteiger partial charge in [0.15, 0.2) is 0 Å². The number of amides is 2. The van der Waals surface area contributed by atoms with Gasteiger partial charge in [-0.1, -0.05) is 41.8 Å². The predicted octanol–water partition coefficient (Wildman–Crippen LogP) is 2.90. The quantitative estimate of drug-likeness (QED) is 0.216. The van der Waals surface area contributed by atoms with Gasteiger partial charge in [-0.25, -0.2) is 0 Å². The van der Waals surface area contributed by atoms with Gasteiger partial charge in [0, 0.05) is 36.3 Å². The highest BCUT2D eigenvalue weighted by atomic mass is 79.9. The Morgan fingerprint density at radius 2 is 2.06 bits per heavy atom. The minimum Gasteiger partial charge on any atom is -0.481 e. The van der Waals surface area contributed by atoms with Crippen molar-refractivity contribution in [3.05, 3.63) is 12.7 Å².